The van der Waals surface area contributed by atoms with E-state index in [-0.39, 0.29) is 0 Å². The zero-order chi connectivity index (χ0) is 16.9. The van der Waals surface area contributed by atoms with Crippen molar-refractivity contribution >= 4 is 15.9 Å². The van der Waals surface area contributed by atoms with Crippen LogP contribution in [0.15, 0.2) is 40.9 Å². The molecule has 0 atom stereocenters. The van der Waals surface area contributed by atoms with Crippen molar-refractivity contribution in [1.82, 2.24) is 5.32 Å². The van der Waals surface area contributed by atoms with Gasteiger partial charge in [0, 0.05) is 17.1 Å². The molecule has 4 heteroatoms. The number of rotatable bonds is 8. The van der Waals surface area contributed by atoms with Crippen molar-refractivity contribution in [2.45, 2.75) is 45.9 Å². The van der Waals surface area contributed by atoms with E-state index >= 15 is 0 Å². The van der Waals surface area contributed by atoms with E-state index in [0.717, 1.165) is 28.1 Å². The Morgan fingerprint density at radius 1 is 1.08 bits per heavy atom. The van der Waals surface area contributed by atoms with Crippen molar-refractivity contribution in [3.8, 4) is 11.5 Å². The van der Waals surface area contributed by atoms with Gasteiger partial charge in [-0.05, 0) is 49.9 Å². The fourth-order valence-corrected chi connectivity index (χ4v) is 2.94. The van der Waals surface area contributed by atoms with Crippen molar-refractivity contribution in [2.24, 2.45) is 0 Å². The minimum absolute atomic E-state index is 0.534. The van der Waals surface area contributed by atoms with E-state index in [9.17, 15) is 0 Å². The molecule has 3 nitrogen and oxygen atoms in total. The quantitative estimate of drug-likeness (QED) is 0.689. The second-order valence-corrected chi connectivity index (χ2v) is 7.11. The lowest BCUT2D eigenvalue weighted by atomic mass is 10.1. The van der Waals surface area contributed by atoms with Crippen LogP contribution in [0.5, 0.6) is 11.5 Å². The molecule has 0 amide bonds. The summed E-state index contributed by atoms with van der Waals surface area (Å²) in [4.78, 5) is 0. The van der Waals surface area contributed by atoms with Crippen LogP contribution in [0, 0.1) is 6.92 Å². The molecule has 1 aliphatic rings. The number of ether oxygens (including phenoxy) is 2. The second kappa shape index (κ2) is 8.04. The molecule has 0 heterocycles. The Balaban J connectivity index is 1.72. The predicted molar refractivity (Wildman–Crippen MR) is 101 cm³/mol. The van der Waals surface area contributed by atoms with Gasteiger partial charge in [0.05, 0.1) is 6.61 Å². The molecule has 0 aliphatic heterocycles. The first kappa shape index (κ1) is 17.3. The van der Waals surface area contributed by atoms with Gasteiger partial charge in [0.15, 0.2) is 11.5 Å². The van der Waals surface area contributed by atoms with E-state index < -0.39 is 0 Å². The highest BCUT2D eigenvalue weighted by atomic mass is 79.9. The first-order chi connectivity index (χ1) is 11.7. The zero-order valence-corrected chi connectivity index (χ0v) is 15.9. The number of aryl methyl sites for hydroxylation is 1. The monoisotopic (exact) mass is 389 g/mol. The lowest BCUT2D eigenvalue weighted by Gasteiger charge is -2.15. The van der Waals surface area contributed by atoms with Crippen molar-refractivity contribution in [2.75, 3.05) is 6.61 Å². The first-order valence-corrected chi connectivity index (χ1v) is 9.32. The van der Waals surface area contributed by atoms with Gasteiger partial charge in [-0.3, -0.25) is 0 Å². The Morgan fingerprint density at radius 3 is 2.46 bits per heavy atom. The third-order valence-corrected chi connectivity index (χ3v) is 4.82. The highest BCUT2D eigenvalue weighted by Gasteiger charge is 2.21. The fraction of sp³-hybridized carbons (Fsp3) is 0.400. The van der Waals surface area contributed by atoms with Crippen LogP contribution >= 0.6 is 15.9 Å². The van der Waals surface area contributed by atoms with E-state index in [4.69, 9.17) is 9.47 Å². The normalized spacial score (nSPS) is 13.8. The molecule has 0 spiro atoms. The standard InChI is InChI=1S/C20H24BrNO2/c1-3-23-19-10-16(12-22-17-8-9-17)18(21)11-20(19)24-13-15-6-4-14(2)5-7-15/h4-7,10-11,17,22H,3,8-9,12-13H2,1-2H3. The molecule has 2 aromatic carbocycles. The second-order valence-electron chi connectivity index (χ2n) is 6.25. The summed E-state index contributed by atoms with van der Waals surface area (Å²) < 4.78 is 12.9. The minimum Gasteiger partial charge on any atom is -0.490 e. The van der Waals surface area contributed by atoms with Crippen molar-refractivity contribution < 1.29 is 9.47 Å². The molecule has 0 radical (unpaired) electrons. The van der Waals surface area contributed by atoms with Gasteiger partial charge in [-0.15, -0.1) is 0 Å². The van der Waals surface area contributed by atoms with Crippen LogP contribution in [-0.2, 0) is 13.2 Å². The highest BCUT2D eigenvalue weighted by molar-refractivity contribution is 9.10. The van der Waals surface area contributed by atoms with Crippen LogP contribution < -0.4 is 14.8 Å². The zero-order valence-electron chi connectivity index (χ0n) is 14.3. The van der Waals surface area contributed by atoms with Gasteiger partial charge in [0.25, 0.3) is 0 Å². The van der Waals surface area contributed by atoms with Crippen LogP contribution in [0.3, 0.4) is 0 Å². The number of halogens is 1. The average molecular weight is 390 g/mol. The van der Waals surface area contributed by atoms with Crippen LogP contribution in [0.2, 0.25) is 0 Å². The smallest absolute Gasteiger partial charge is 0.162 e. The van der Waals surface area contributed by atoms with Crippen molar-refractivity contribution in [3.63, 3.8) is 0 Å². The fourth-order valence-electron chi connectivity index (χ4n) is 2.48. The van der Waals surface area contributed by atoms with Gasteiger partial charge < -0.3 is 14.8 Å². The molecule has 1 N–H and O–H groups in total. The van der Waals surface area contributed by atoms with Gasteiger partial charge in [-0.25, -0.2) is 0 Å². The summed E-state index contributed by atoms with van der Waals surface area (Å²) in [6.07, 6.45) is 2.57. The Hall–Kier alpha value is -1.52. The largest absolute Gasteiger partial charge is 0.490 e. The third-order valence-electron chi connectivity index (χ3n) is 4.09. The van der Waals surface area contributed by atoms with Gasteiger partial charge in [-0.1, -0.05) is 45.8 Å². The first-order valence-electron chi connectivity index (χ1n) is 8.52. The summed E-state index contributed by atoms with van der Waals surface area (Å²) in [7, 11) is 0. The summed E-state index contributed by atoms with van der Waals surface area (Å²) >= 11 is 3.66. The number of benzene rings is 2. The molecule has 2 aromatic rings. The molecule has 1 fully saturated rings. The molecule has 0 bridgehead atoms. The van der Waals surface area contributed by atoms with Crippen LogP contribution in [0.25, 0.3) is 0 Å². The summed E-state index contributed by atoms with van der Waals surface area (Å²) in [6, 6.07) is 13.2. The molecular formula is C20H24BrNO2. The van der Waals surface area contributed by atoms with E-state index in [1.54, 1.807) is 0 Å². The Morgan fingerprint density at radius 2 is 1.79 bits per heavy atom. The Labute approximate surface area is 152 Å². The van der Waals surface area contributed by atoms with Gasteiger partial charge in [0.1, 0.15) is 6.61 Å². The maximum Gasteiger partial charge on any atom is 0.162 e. The van der Waals surface area contributed by atoms with Gasteiger partial charge in [0.2, 0.25) is 0 Å². The summed E-state index contributed by atoms with van der Waals surface area (Å²) in [6.45, 7) is 6.09. The third kappa shape index (κ3) is 4.74. The molecule has 1 saturated carbocycles. The van der Waals surface area contributed by atoms with E-state index in [1.807, 2.05) is 13.0 Å². The van der Waals surface area contributed by atoms with E-state index in [0.29, 0.717) is 19.3 Å². The van der Waals surface area contributed by atoms with E-state index in [2.05, 4.69) is 58.5 Å². The minimum atomic E-state index is 0.534. The van der Waals surface area contributed by atoms with Gasteiger partial charge >= 0.3 is 0 Å². The van der Waals surface area contributed by atoms with Gasteiger partial charge in [-0.2, -0.15) is 0 Å². The van der Waals surface area contributed by atoms with Crippen LogP contribution in [0.4, 0.5) is 0 Å². The number of hydrogen-bond donors (Lipinski definition) is 1. The maximum absolute atomic E-state index is 6.01. The summed E-state index contributed by atoms with van der Waals surface area (Å²) in [5.74, 6) is 1.58. The highest BCUT2D eigenvalue weighted by Crippen LogP contribution is 2.35. The molecule has 1 aliphatic carbocycles. The molecule has 0 aromatic heterocycles. The predicted octanol–water partition coefficient (Wildman–Crippen LogP) is 4.99. The maximum atomic E-state index is 6.01. The molecule has 128 valence electrons. The lowest BCUT2D eigenvalue weighted by molar-refractivity contribution is 0.269. The summed E-state index contributed by atoms with van der Waals surface area (Å²) in [5.41, 5.74) is 3.61. The lowest BCUT2D eigenvalue weighted by Crippen LogP contribution is -2.15. The molecular weight excluding hydrogens is 366 g/mol. The van der Waals surface area contributed by atoms with Crippen LogP contribution in [0.1, 0.15) is 36.5 Å². The van der Waals surface area contributed by atoms with E-state index in [1.165, 1.54) is 24.0 Å². The molecule has 0 saturated heterocycles. The van der Waals surface area contributed by atoms with Crippen LogP contribution in [-0.4, -0.2) is 12.6 Å². The molecule has 24 heavy (non-hydrogen) atoms. The van der Waals surface area contributed by atoms with Crippen molar-refractivity contribution in [3.05, 3.63) is 57.6 Å². The van der Waals surface area contributed by atoms with Crippen molar-refractivity contribution in [1.29, 1.82) is 0 Å². The average Bonchev–Trinajstić information content (AvgIpc) is 3.39. The Kier molecular flexibility index (Phi) is 5.80. The summed E-state index contributed by atoms with van der Waals surface area (Å²) in [5, 5.41) is 3.54. The SMILES string of the molecule is CCOc1cc(CNC2CC2)c(Br)cc1OCc1ccc(C)cc1. The number of nitrogens with one attached hydrogen (secondary N) is 1. The topological polar surface area (TPSA) is 30.5 Å². The molecule has 3 rings (SSSR count). The Bertz CT molecular complexity index is 681. The molecule has 0 unspecified atom stereocenters. The number of hydrogen-bond acceptors (Lipinski definition) is 3.